The Morgan fingerprint density at radius 1 is 1.06 bits per heavy atom. The van der Waals surface area contributed by atoms with Crippen molar-refractivity contribution in [2.75, 3.05) is 36.4 Å². The standard InChI is InChI=1S/C22H27N5O4S/c23-21(29)25-17-12-18(14-5-3-6-15(11-14)26-8-1-2-9-26)32-19(17)20(28)31-16-7-4-10-27(13-16)22(24)30/h3,5-6,11-12,16H,1-2,4,7-10,13H2,(H2,24,30)(H3,23,25,29). The maximum absolute atomic E-state index is 13.0. The van der Waals surface area contributed by atoms with Crippen LogP contribution >= 0.6 is 11.3 Å². The molecule has 4 rings (SSSR count). The summed E-state index contributed by atoms with van der Waals surface area (Å²) in [5.74, 6) is -0.558. The van der Waals surface area contributed by atoms with Gasteiger partial charge in [0, 0.05) is 30.2 Å². The summed E-state index contributed by atoms with van der Waals surface area (Å²) in [6.07, 6.45) is 3.26. The van der Waals surface area contributed by atoms with Crippen LogP contribution in [0.25, 0.3) is 10.4 Å². The Balaban J connectivity index is 1.57. The van der Waals surface area contributed by atoms with Crippen LogP contribution in [0.4, 0.5) is 21.0 Å². The van der Waals surface area contributed by atoms with Crippen molar-refractivity contribution in [1.82, 2.24) is 4.90 Å². The summed E-state index contributed by atoms with van der Waals surface area (Å²) in [7, 11) is 0. The maximum atomic E-state index is 13.0. The lowest BCUT2D eigenvalue weighted by Gasteiger charge is -2.31. The van der Waals surface area contributed by atoms with E-state index in [-0.39, 0.29) is 11.4 Å². The predicted molar refractivity (Wildman–Crippen MR) is 124 cm³/mol. The Labute approximate surface area is 190 Å². The Kier molecular flexibility index (Phi) is 6.50. The number of piperidine rings is 1. The molecule has 0 radical (unpaired) electrons. The minimum Gasteiger partial charge on any atom is -0.456 e. The Hall–Kier alpha value is -3.27. The van der Waals surface area contributed by atoms with Gasteiger partial charge >= 0.3 is 18.0 Å². The number of likely N-dealkylation sites (tertiary alicyclic amines) is 1. The summed E-state index contributed by atoms with van der Waals surface area (Å²) >= 11 is 1.24. The molecule has 0 aliphatic carbocycles. The SMILES string of the molecule is NC(=O)Nc1cc(-c2cccc(N3CCCC3)c2)sc1C(=O)OC1CCCN(C(N)=O)C1. The third-order valence-corrected chi connectivity index (χ3v) is 6.90. The van der Waals surface area contributed by atoms with E-state index < -0.39 is 24.1 Å². The van der Waals surface area contributed by atoms with E-state index in [2.05, 4.69) is 22.3 Å². The van der Waals surface area contributed by atoms with Crippen LogP contribution in [-0.2, 0) is 4.74 Å². The summed E-state index contributed by atoms with van der Waals surface area (Å²) in [4.78, 5) is 40.8. The second-order valence-electron chi connectivity index (χ2n) is 8.04. The third kappa shape index (κ3) is 4.96. The maximum Gasteiger partial charge on any atom is 0.350 e. The van der Waals surface area contributed by atoms with Crippen molar-refractivity contribution in [3.8, 4) is 10.4 Å². The van der Waals surface area contributed by atoms with Crippen LogP contribution in [0.2, 0.25) is 0 Å². The van der Waals surface area contributed by atoms with Crippen LogP contribution in [0.5, 0.6) is 0 Å². The lowest BCUT2D eigenvalue weighted by Crippen LogP contribution is -2.46. The second-order valence-corrected chi connectivity index (χ2v) is 9.09. The number of carbonyl (C=O) groups excluding carboxylic acids is 3. The third-order valence-electron chi connectivity index (χ3n) is 5.74. The summed E-state index contributed by atoms with van der Waals surface area (Å²) in [6, 6.07) is 8.58. The van der Waals surface area contributed by atoms with E-state index in [4.69, 9.17) is 16.2 Å². The van der Waals surface area contributed by atoms with Crippen LogP contribution in [0.15, 0.2) is 30.3 Å². The van der Waals surface area contributed by atoms with Gasteiger partial charge < -0.3 is 31.3 Å². The van der Waals surface area contributed by atoms with Crippen LogP contribution in [0.1, 0.15) is 35.4 Å². The van der Waals surface area contributed by atoms with Crippen LogP contribution in [-0.4, -0.2) is 55.2 Å². The highest BCUT2D eigenvalue weighted by molar-refractivity contribution is 7.18. The normalized spacial score (nSPS) is 18.4. The number of nitrogens with zero attached hydrogens (tertiary/aromatic N) is 2. The fraction of sp³-hybridized carbons (Fsp3) is 0.409. The monoisotopic (exact) mass is 457 g/mol. The van der Waals surface area contributed by atoms with Gasteiger partial charge in [-0.1, -0.05) is 12.1 Å². The van der Waals surface area contributed by atoms with Crippen molar-refractivity contribution < 1.29 is 19.1 Å². The molecule has 0 saturated carbocycles. The molecule has 2 fully saturated rings. The zero-order chi connectivity index (χ0) is 22.7. The van der Waals surface area contributed by atoms with Gasteiger partial charge in [-0.25, -0.2) is 14.4 Å². The van der Waals surface area contributed by atoms with Crippen molar-refractivity contribution >= 4 is 40.7 Å². The van der Waals surface area contributed by atoms with Crippen molar-refractivity contribution in [3.05, 3.63) is 35.2 Å². The van der Waals surface area contributed by atoms with E-state index in [1.54, 1.807) is 6.07 Å². The molecular formula is C22H27N5O4S. The number of nitrogens with one attached hydrogen (secondary N) is 1. The molecule has 0 bridgehead atoms. The van der Waals surface area contributed by atoms with Gasteiger partial charge in [0.25, 0.3) is 0 Å². The average molecular weight is 458 g/mol. The quantitative estimate of drug-likeness (QED) is 0.594. The first-order valence-electron chi connectivity index (χ1n) is 10.7. The molecule has 1 unspecified atom stereocenters. The van der Waals surface area contributed by atoms with E-state index in [0.29, 0.717) is 25.1 Å². The number of rotatable bonds is 5. The average Bonchev–Trinajstić information content (AvgIpc) is 3.44. The van der Waals surface area contributed by atoms with Crippen LogP contribution < -0.4 is 21.7 Å². The van der Waals surface area contributed by atoms with E-state index in [0.717, 1.165) is 29.2 Å². The van der Waals surface area contributed by atoms with Gasteiger partial charge in [0.05, 0.1) is 12.2 Å². The van der Waals surface area contributed by atoms with Gasteiger partial charge in [-0.2, -0.15) is 0 Å². The molecule has 2 saturated heterocycles. The van der Waals surface area contributed by atoms with Crippen molar-refractivity contribution in [1.29, 1.82) is 0 Å². The number of thiophene rings is 1. The summed E-state index contributed by atoms with van der Waals surface area (Å²) in [5.41, 5.74) is 13.1. The Morgan fingerprint density at radius 2 is 1.84 bits per heavy atom. The first-order valence-corrected chi connectivity index (χ1v) is 11.5. The summed E-state index contributed by atoms with van der Waals surface area (Å²) in [6.45, 7) is 2.87. The van der Waals surface area contributed by atoms with Crippen molar-refractivity contribution in [2.24, 2.45) is 11.5 Å². The lowest BCUT2D eigenvalue weighted by atomic mass is 10.1. The zero-order valence-electron chi connectivity index (χ0n) is 17.7. The van der Waals surface area contributed by atoms with Crippen LogP contribution in [0.3, 0.4) is 0 Å². The number of urea groups is 2. The number of nitrogens with two attached hydrogens (primary N) is 2. The number of ether oxygens (including phenoxy) is 1. The Morgan fingerprint density at radius 3 is 2.56 bits per heavy atom. The molecule has 2 aliphatic heterocycles. The van der Waals surface area contributed by atoms with Gasteiger partial charge in [0.1, 0.15) is 11.0 Å². The topological polar surface area (TPSA) is 131 Å². The fourth-order valence-corrected chi connectivity index (χ4v) is 5.17. The molecular weight excluding hydrogens is 430 g/mol. The largest absolute Gasteiger partial charge is 0.456 e. The predicted octanol–water partition coefficient (Wildman–Crippen LogP) is 3.21. The molecule has 1 atom stereocenters. The van der Waals surface area contributed by atoms with Crippen LogP contribution in [0, 0.1) is 0 Å². The second kappa shape index (κ2) is 9.47. The van der Waals surface area contributed by atoms with E-state index in [1.807, 2.05) is 12.1 Å². The first kappa shape index (κ1) is 21.9. The number of esters is 1. The van der Waals surface area contributed by atoms with E-state index in [1.165, 1.54) is 29.1 Å². The number of benzene rings is 1. The molecule has 5 N–H and O–H groups in total. The number of hydrogen-bond donors (Lipinski definition) is 3. The molecule has 4 amide bonds. The van der Waals surface area contributed by atoms with Gasteiger partial charge in [-0.05, 0) is 49.4 Å². The molecule has 1 aromatic carbocycles. The number of anilines is 2. The summed E-state index contributed by atoms with van der Waals surface area (Å²) in [5, 5.41) is 2.53. The molecule has 3 heterocycles. The minimum absolute atomic E-state index is 0.260. The number of hydrogen-bond acceptors (Lipinski definition) is 6. The number of carbonyl (C=O) groups is 3. The molecule has 9 nitrogen and oxygen atoms in total. The molecule has 2 aromatic rings. The number of primary amides is 2. The highest BCUT2D eigenvalue weighted by Crippen LogP contribution is 2.37. The molecule has 0 spiro atoms. The Bertz CT molecular complexity index is 1020. The minimum atomic E-state index is -0.758. The van der Waals surface area contributed by atoms with Gasteiger partial charge in [-0.3, -0.25) is 0 Å². The van der Waals surface area contributed by atoms with Crippen molar-refractivity contribution in [3.63, 3.8) is 0 Å². The molecule has 2 aliphatic rings. The molecule has 1 aromatic heterocycles. The van der Waals surface area contributed by atoms with E-state index in [9.17, 15) is 14.4 Å². The lowest BCUT2D eigenvalue weighted by molar-refractivity contribution is 0.0134. The molecule has 170 valence electrons. The number of amides is 4. The molecule has 10 heteroatoms. The van der Waals surface area contributed by atoms with E-state index >= 15 is 0 Å². The highest BCUT2D eigenvalue weighted by atomic mass is 32.1. The smallest absolute Gasteiger partial charge is 0.350 e. The molecule has 32 heavy (non-hydrogen) atoms. The fourth-order valence-electron chi connectivity index (χ4n) is 4.18. The zero-order valence-corrected chi connectivity index (χ0v) is 18.5. The highest BCUT2D eigenvalue weighted by Gasteiger charge is 2.28. The van der Waals surface area contributed by atoms with Gasteiger partial charge in [-0.15, -0.1) is 11.3 Å². The van der Waals surface area contributed by atoms with Crippen molar-refractivity contribution in [2.45, 2.75) is 31.8 Å². The summed E-state index contributed by atoms with van der Waals surface area (Å²) < 4.78 is 5.66. The first-order chi connectivity index (χ1) is 15.4. The van der Waals surface area contributed by atoms with Gasteiger partial charge in [0.2, 0.25) is 0 Å². The van der Waals surface area contributed by atoms with Gasteiger partial charge in [0.15, 0.2) is 0 Å².